The number of nitrogens with zero attached hydrogens (tertiary/aromatic N) is 1. The number of aromatic hydroxyl groups is 1. The number of amides is 2. The summed E-state index contributed by atoms with van der Waals surface area (Å²) in [7, 11) is 1.43. The molecule has 2 aromatic rings. The van der Waals surface area contributed by atoms with Crippen molar-refractivity contribution in [1.29, 1.82) is 0 Å². The summed E-state index contributed by atoms with van der Waals surface area (Å²) in [4.78, 5) is 23.8. The van der Waals surface area contributed by atoms with E-state index in [-0.39, 0.29) is 30.2 Å². The first-order chi connectivity index (χ1) is 13.3. The lowest BCUT2D eigenvalue weighted by molar-refractivity contribution is -0.124. The van der Waals surface area contributed by atoms with Crippen molar-refractivity contribution in [3.63, 3.8) is 0 Å². The second kappa shape index (κ2) is 10.1. The monoisotopic (exact) mass is 467 g/mol. The molecule has 0 aliphatic heterocycles. The van der Waals surface area contributed by atoms with Crippen LogP contribution in [0.4, 0.5) is 5.69 Å². The van der Waals surface area contributed by atoms with Crippen molar-refractivity contribution >= 4 is 51.2 Å². The molecule has 2 rings (SSSR count). The molecule has 0 saturated heterocycles. The number of nitrogens with one attached hydrogen (secondary N) is 2. The molecule has 0 saturated carbocycles. The number of benzene rings is 2. The molecule has 0 aliphatic carbocycles. The second-order valence-electron chi connectivity index (χ2n) is 5.85. The molecule has 0 spiro atoms. The van der Waals surface area contributed by atoms with E-state index in [9.17, 15) is 14.7 Å². The second-order valence-corrected chi connectivity index (χ2v) is 7.17. The van der Waals surface area contributed by atoms with Crippen LogP contribution < -0.4 is 15.5 Å². The number of hydrogen-bond donors (Lipinski definition) is 3. The number of phenolic OH excluding ortho intramolecular Hbond substituents is 1. The van der Waals surface area contributed by atoms with Crippen LogP contribution in [0.2, 0.25) is 5.02 Å². The third-order valence-electron chi connectivity index (χ3n) is 3.72. The fraction of sp³-hybridized carbons (Fsp3) is 0.211. The van der Waals surface area contributed by atoms with Crippen LogP contribution in [-0.4, -0.2) is 30.2 Å². The molecule has 0 bridgehead atoms. The highest BCUT2D eigenvalue weighted by molar-refractivity contribution is 9.10. The fourth-order valence-electron chi connectivity index (χ4n) is 2.20. The van der Waals surface area contributed by atoms with Crippen LogP contribution in [0.3, 0.4) is 0 Å². The Morgan fingerprint density at radius 1 is 1.25 bits per heavy atom. The number of halogens is 2. The van der Waals surface area contributed by atoms with Crippen LogP contribution in [0.1, 0.15) is 24.0 Å². The summed E-state index contributed by atoms with van der Waals surface area (Å²) in [6.45, 7) is 1.86. The van der Waals surface area contributed by atoms with E-state index < -0.39 is 5.91 Å². The summed E-state index contributed by atoms with van der Waals surface area (Å²) in [5, 5.41) is 17.0. The summed E-state index contributed by atoms with van der Waals surface area (Å²) in [6, 6.07) is 8.41. The lowest BCUT2D eigenvalue weighted by Gasteiger charge is -2.07. The van der Waals surface area contributed by atoms with E-state index in [1.807, 2.05) is 6.92 Å². The minimum atomic E-state index is -0.435. The molecule has 0 heterocycles. The highest BCUT2D eigenvalue weighted by Crippen LogP contribution is 2.32. The van der Waals surface area contributed by atoms with Gasteiger partial charge >= 0.3 is 0 Å². The molecule has 0 aromatic heterocycles. The van der Waals surface area contributed by atoms with Crippen LogP contribution in [0, 0.1) is 6.92 Å². The topological polar surface area (TPSA) is 100 Å². The van der Waals surface area contributed by atoms with E-state index in [1.54, 1.807) is 30.3 Å². The van der Waals surface area contributed by atoms with E-state index in [0.29, 0.717) is 20.7 Å². The number of carbonyl (C=O) groups excluding carboxylic acids is 2. The standard InChI is InChI=1S/C19H19BrClN3O4/c1-11-3-4-14(9-15(11)21)23-17(25)5-6-18(26)24-22-10-12-7-13(20)8-16(28-2)19(12)27/h3-4,7-10,27H,5-6H2,1-2H3,(H,23,25)(H,24,26). The Balaban J connectivity index is 1.84. The molecule has 0 unspecified atom stereocenters. The molecular weight excluding hydrogens is 450 g/mol. The quantitative estimate of drug-likeness (QED) is 0.422. The summed E-state index contributed by atoms with van der Waals surface area (Å²) in [5.41, 5.74) is 4.15. The maximum absolute atomic E-state index is 11.9. The van der Waals surface area contributed by atoms with Crippen molar-refractivity contribution in [2.45, 2.75) is 19.8 Å². The summed E-state index contributed by atoms with van der Waals surface area (Å²) in [5.74, 6) is -0.571. The molecule has 2 amide bonds. The first-order valence-corrected chi connectivity index (χ1v) is 9.41. The minimum absolute atomic E-state index is 0.0111. The van der Waals surface area contributed by atoms with Gasteiger partial charge in [0, 0.05) is 33.6 Å². The smallest absolute Gasteiger partial charge is 0.240 e. The van der Waals surface area contributed by atoms with Gasteiger partial charge in [-0.05, 0) is 36.8 Å². The number of anilines is 1. The SMILES string of the molecule is COc1cc(Br)cc(C=NNC(=O)CCC(=O)Nc2ccc(C)c(Cl)c2)c1O. The van der Waals surface area contributed by atoms with Crippen molar-refractivity contribution in [1.82, 2.24) is 5.43 Å². The molecule has 7 nitrogen and oxygen atoms in total. The first kappa shape index (κ1) is 21.7. The van der Waals surface area contributed by atoms with Gasteiger partial charge in [0.1, 0.15) is 0 Å². The molecule has 0 atom stereocenters. The number of hydrazone groups is 1. The highest BCUT2D eigenvalue weighted by atomic mass is 79.9. The molecule has 0 radical (unpaired) electrons. The van der Waals surface area contributed by atoms with Crippen LogP contribution in [-0.2, 0) is 9.59 Å². The van der Waals surface area contributed by atoms with Gasteiger partial charge in [0.15, 0.2) is 11.5 Å². The zero-order valence-corrected chi connectivity index (χ0v) is 17.6. The summed E-state index contributed by atoms with van der Waals surface area (Å²) >= 11 is 9.30. The van der Waals surface area contributed by atoms with Crippen molar-refractivity contribution in [2.75, 3.05) is 12.4 Å². The third kappa shape index (κ3) is 6.24. The van der Waals surface area contributed by atoms with Gasteiger partial charge in [-0.3, -0.25) is 9.59 Å². The van der Waals surface area contributed by atoms with E-state index in [2.05, 4.69) is 31.8 Å². The van der Waals surface area contributed by atoms with Gasteiger partial charge in [0.25, 0.3) is 0 Å². The van der Waals surface area contributed by atoms with E-state index in [0.717, 1.165) is 5.56 Å². The zero-order valence-electron chi connectivity index (χ0n) is 15.3. The minimum Gasteiger partial charge on any atom is -0.504 e. The van der Waals surface area contributed by atoms with Crippen molar-refractivity contribution in [2.24, 2.45) is 5.10 Å². The number of rotatable bonds is 7. The fourth-order valence-corrected chi connectivity index (χ4v) is 2.83. The van der Waals surface area contributed by atoms with Gasteiger partial charge in [-0.25, -0.2) is 5.43 Å². The Bertz CT molecular complexity index is 918. The van der Waals surface area contributed by atoms with E-state index in [1.165, 1.54) is 13.3 Å². The summed E-state index contributed by atoms with van der Waals surface area (Å²) in [6.07, 6.45) is 1.23. The maximum Gasteiger partial charge on any atom is 0.240 e. The molecule has 0 aliphatic rings. The summed E-state index contributed by atoms with van der Waals surface area (Å²) < 4.78 is 5.72. The zero-order chi connectivity index (χ0) is 20.7. The van der Waals surface area contributed by atoms with Gasteiger partial charge in [0.2, 0.25) is 11.8 Å². The normalized spacial score (nSPS) is 10.7. The van der Waals surface area contributed by atoms with Crippen LogP contribution in [0.5, 0.6) is 11.5 Å². The van der Waals surface area contributed by atoms with E-state index in [4.69, 9.17) is 16.3 Å². The first-order valence-electron chi connectivity index (χ1n) is 8.24. The Kier molecular flexibility index (Phi) is 7.83. The van der Waals surface area contributed by atoms with Gasteiger partial charge in [-0.15, -0.1) is 0 Å². The average Bonchev–Trinajstić information content (AvgIpc) is 2.65. The lowest BCUT2D eigenvalue weighted by atomic mass is 10.2. The number of phenols is 1. The molecule has 9 heteroatoms. The largest absolute Gasteiger partial charge is 0.504 e. The Hall–Kier alpha value is -2.58. The molecule has 28 heavy (non-hydrogen) atoms. The molecule has 2 aromatic carbocycles. The number of aryl methyl sites for hydroxylation is 1. The van der Waals surface area contributed by atoms with Crippen LogP contribution >= 0.6 is 27.5 Å². The van der Waals surface area contributed by atoms with Crippen LogP contribution in [0.25, 0.3) is 0 Å². The predicted octanol–water partition coefficient (Wildman–Crippen LogP) is 3.99. The van der Waals surface area contributed by atoms with Gasteiger partial charge in [-0.1, -0.05) is 33.6 Å². The molecule has 148 valence electrons. The Morgan fingerprint density at radius 3 is 2.64 bits per heavy atom. The van der Waals surface area contributed by atoms with Crippen molar-refractivity contribution in [3.05, 3.63) is 51.0 Å². The van der Waals surface area contributed by atoms with Gasteiger partial charge in [0.05, 0.1) is 13.3 Å². The number of ether oxygens (including phenoxy) is 1. The highest BCUT2D eigenvalue weighted by Gasteiger charge is 2.10. The third-order valence-corrected chi connectivity index (χ3v) is 4.58. The molecule has 0 fully saturated rings. The lowest BCUT2D eigenvalue weighted by Crippen LogP contribution is -2.20. The van der Waals surface area contributed by atoms with Crippen molar-refractivity contribution < 1.29 is 19.4 Å². The molecular formula is C19H19BrClN3O4. The number of methoxy groups -OCH3 is 1. The maximum atomic E-state index is 11.9. The van der Waals surface area contributed by atoms with Gasteiger partial charge in [-0.2, -0.15) is 5.10 Å². The average molecular weight is 469 g/mol. The van der Waals surface area contributed by atoms with Crippen LogP contribution in [0.15, 0.2) is 39.9 Å². The predicted molar refractivity (Wildman–Crippen MR) is 112 cm³/mol. The molecule has 3 N–H and O–H groups in total. The number of hydrogen-bond acceptors (Lipinski definition) is 5. The van der Waals surface area contributed by atoms with Crippen molar-refractivity contribution in [3.8, 4) is 11.5 Å². The Morgan fingerprint density at radius 2 is 1.96 bits per heavy atom. The van der Waals surface area contributed by atoms with Gasteiger partial charge < -0.3 is 15.2 Å². The number of carbonyl (C=O) groups is 2. The van der Waals surface area contributed by atoms with E-state index >= 15 is 0 Å². The Labute approximate surface area is 175 Å².